The van der Waals surface area contributed by atoms with E-state index >= 15 is 0 Å². The first-order valence-electron chi connectivity index (χ1n) is 13.2. The zero-order chi connectivity index (χ0) is 25.5. The lowest BCUT2D eigenvalue weighted by Crippen LogP contribution is -2.56. The van der Waals surface area contributed by atoms with Crippen LogP contribution in [0.1, 0.15) is 55.0 Å². The highest BCUT2D eigenvalue weighted by Crippen LogP contribution is 2.46. The van der Waals surface area contributed by atoms with E-state index in [1.807, 2.05) is 35.2 Å². The van der Waals surface area contributed by atoms with Crippen molar-refractivity contribution in [2.75, 3.05) is 31.1 Å². The van der Waals surface area contributed by atoms with E-state index in [2.05, 4.69) is 23.6 Å². The molecule has 0 bridgehead atoms. The van der Waals surface area contributed by atoms with Gasteiger partial charge in [0.1, 0.15) is 11.9 Å². The molecule has 7 nitrogen and oxygen atoms in total. The van der Waals surface area contributed by atoms with E-state index < -0.39 is 0 Å². The summed E-state index contributed by atoms with van der Waals surface area (Å²) in [5.41, 5.74) is 5.34. The number of carbonyl (C=O) groups excluding carboxylic acids is 1. The van der Waals surface area contributed by atoms with Crippen LogP contribution in [0.2, 0.25) is 0 Å². The number of piperazine rings is 1. The highest BCUT2D eigenvalue weighted by molar-refractivity contribution is 5.96. The maximum atomic E-state index is 12.7. The second-order valence-corrected chi connectivity index (χ2v) is 10.4. The number of amides is 1. The number of aliphatic hydroxyl groups is 1. The normalized spacial score (nSPS) is 19.6. The molecule has 7 heteroatoms. The van der Waals surface area contributed by atoms with Gasteiger partial charge in [0.15, 0.2) is 0 Å². The molecule has 0 spiro atoms. The molecule has 188 valence electrons. The molecule has 1 aromatic carbocycles. The fourth-order valence-electron chi connectivity index (χ4n) is 5.68. The van der Waals surface area contributed by atoms with Gasteiger partial charge in [-0.3, -0.25) is 4.79 Å². The Balaban J connectivity index is 1.42. The molecule has 3 fully saturated rings. The molecule has 1 saturated heterocycles. The zero-order valence-electron chi connectivity index (χ0n) is 20.9. The highest BCUT2D eigenvalue weighted by Gasteiger charge is 2.41. The van der Waals surface area contributed by atoms with Crippen molar-refractivity contribution in [2.24, 2.45) is 5.92 Å². The predicted octanol–water partition coefficient (Wildman–Crippen LogP) is 4.50. The average molecular weight is 494 g/mol. The van der Waals surface area contributed by atoms with Crippen LogP contribution in [0, 0.1) is 17.2 Å². The van der Waals surface area contributed by atoms with Gasteiger partial charge in [0.2, 0.25) is 5.91 Å². The van der Waals surface area contributed by atoms with Crippen LogP contribution >= 0.6 is 0 Å². The fourth-order valence-corrected chi connectivity index (χ4v) is 5.68. The Bertz CT molecular complexity index is 1420. The van der Waals surface area contributed by atoms with Gasteiger partial charge < -0.3 is 14.9 Å². The Hall–Kier alpha value is -3.76. The molecule has 2 saturated carbocycles. The molecule has 0 unspecified atom stereocenters. The summed E-state index contributed by atoms with van der Waals surface area (Å²) in [6, 6.07) is 14.7. The second kappa shape index (κ2) is 9.60. The highest BCUT2D eigenvalue weighted by atomic mass is 16.3. The molecule has 1 amide bonds. The Morgan fingerprint density at radius 2 is 1.95 bits per heavy atom. The van der Waals surface area contributed by atoms with Gasteiger partial charge in [0.05, 0.1) is 35.1 Å². The molecular formula is C30H31N5O2. The maximum absolute atomic E-state index is 12.7. The van der Waals surface area contributed by atoms with Crippen LogP contribution < -0.4 is 4.90 Å². The summed E-state index contributed by atoms with van der Waals surface area (Å²) in [4.78, 5) is 26.8. The van der Waals surface area contributed by atoms with E-state index in [1.165, 1.54) is 0 Å². The van der Waals surface area contributed by atoms with E-state index in [9.17, 15) is 15.2 Å². The van der Waals surface area contributed by atoms with E-state index in [4.69, 9.17) is 9.97 Å². The minimum Gasteiger partial charge on any atom is -0.396 e. The van der Waals surface area contributed by atoms with Crippen molar-refractivity contribution in [3.05, 3.63) is 59.9 Å². The number of nitriles is 1. The van der Waals surface area contributed by atoms with Gasteiger partial charge in [-0.15, -0.1) is 0 Å². The van der Waals surface area contributed by atoms with Gasteiger partial charge in [-0.05, 0) is 61.4 Å². The van der Waals surface area contributed by atoms with E-state index in [0.29, 0.717) is 37.0 Å². The molecular weight excluding hydrogens is 462 g/mol. The number of anilines is 1. The SMILES string of the molecule is C=Cc1cc(-c2cc(C#N)c(N3CCN(C(=O)CCO)[C@H](C4CC4)C3)nc2C2CC2)c2ccccc2n1. The molecule has 3 aromatic rings. The van der Waals surface area contributed by atoms with Gasteiger partial charge in [-0.1, -0.05) is 24.8 Å². The predicted molar refractivity (Wildman–Crippen MR) is 144 cm³/mol. The zero-order valence-corrected chi connectivity index (χ0v) is 20.9. The maximum Gasteiger partial charge on any atom is 0.225 e. The summed E-state index contributed by atoms with van der Waals surface area (Å²) in [5.74, 6) is 1.62. The van der Waals surface area contributed by atoms with Crippen LogP contribution in [-0.4, -0.2) is 58.2 Å². The van der Waals surface area contributed by atoms with Crippen molar-refractivity contribution < 1.29 is 9.90 Å². The summed E-state index contributed by atoms with van der Waals surface area (Å²) >= 11 is 0. The minimum absolute atomic E-state index is 0.0177. The quantitative estimate of drug-likeness (QED) is 0.521. The molecule has 1 aliphatic heterocycles. The first-order chi connectivity index (χ1) is 18.1. The molecule has 2 aromatic heterocycles. The number of fused-ring (bicyclic) bond motifs is 1. The smallest absolute Gasteiger partial charge is 0.225 e. The number of benzene rings is 1. The Labute approximate surface area is 217 Å². The first-order valence-corrected chi connectivity index (χ1v) is 13.2. The third kappa shape index (κ3) is 4.47. The number of rotatable bonds is 7. The van der Waals surface area contributed by atoms with Gasteiger partial charge in [0, 0.05) is 42.9 Å². The summed E-state index contributed by atoms with van der Waals surface area (Å²) in [6.07, 6.45) is 6.35. The molecule has 1 atom stereocenters. The molecule has 2 aliphatic carbocycles. The van der Waals surface area contributed by atoms with Crippen molar-refractivity contribution in [3.63, 3.8) is 0 Å². The number of aromatic nitrogens is 2. The number of nitrogens with zero attached hydrogens (tertiary/aromatic N) is 5. The lowest BCUT2D eigenvalue weighted by molar-refractivity contribution is -0.135. The van der Waals surface area contributed by atoms with Crippen LogP contribution in [0.15, 0.2) is 43.0 Å². The molecule has 3 heterocycles. The number of hydrogen-bond donors (Lipinski definition) is 1. The number of pyridine rings is 2. The number of carbonyl (C=O) groups is 1. The fraction of sp³-hybridized carbons (Fsp3) is 0.400. The lowest BCUT2D eigenvalue weighted by Gasteiger charge is -2.42. The Morgan fingerprint density at radius 3 is 2.65 bits per heavy atom. The Kier molecular flexibility index (Phi) is 6.13. The number of para-hydroxylation sites is 1. The van der Waals surface area contributed by atoms with E-state index in [-0.39, 0.29) is 25.0 Å². The third-order valence-electron chi connectivity index (χ3n) is 7.88. The summed E-state index contributed by atoms with van der Waals surface area (Å²) in [7, 11) is 0. The average Bonchev–Trinajstić information content (AvgIpc) is 3.85. The van der Waals surface area contributed by atoms with Gasteiger partial charge in [-0.25, -0.2) is 9.97 Å². The Morgan fingerprint density at radius 1 is 1.14 bits per heavy atom. The van der Waals surface area contributed by atoms with Crippen molar-refractivity contribution in [3.8, 4) is 17.2 Å². The van der Waals surface area contributed by atoms with E-state index in [1.54, 1.807) is 6.08 Å². The molecule has 0 radical (unpaired) electrons. The minimum atomic E-state index is -0.125. The molecule has 3 aliphatic rings. The largest absolute Gasteiger partial charge is 0.396 e. The molecule has 6 rings (SSSR count). The van der Waals surface area contributed by atoms with Crippen LogP contribution in [0.5, 0.6) is 0 Å². The van der Waals surface area contributed by atoms with Crippen molar-refractivity contribution >= 4 is 28.7 Å². The standard InChI is InChI=1S/C30H31N5O2/c1-2-22-16-24(23-5-3-4-6-26(23)32-22)25-15-21(17-31)30(33-29(25)20-9-10-20)34-12-13-35(28(37)11-14-36)27(18-34)19-7-8-19/h2-6,15-16,19-20,27,36H,1,7-14,18H2/t27-/m0/s1. The first kappa shape index (κ1) is 23.6. The van der Waals surface area contributed by atoms with Crippen LogP contribution in [0.4, 0.5) is 5.82 Å². The molecule has 1 N–H and O–H groups in total. The van der Waals surface area contributed by atoms with E-state index in [0.717, 1.165) is 64.9 Å². The topological polar surface area (TPSA) is 93.4 Å². The monoisotopic (exact) mass is 493 g/mol. The summed E-state index contributed by atoms with van der Waals surface area (Å²) in [5, 5.41) is 20.6. The van der Waals surface area contributed by atoms with Crippen LogP contribution in [0.3, 0.4) is 0 Å². The van der Waals surface area contributed by atoms with Crippen molar-refractivity contribution in [1.29, 1.82) is 5.26 Å². The van der Waals surface area contributed by atoms with Gasteiger partial charge in [-0.2, -0.15) is 5.26 Å². The van der Waals surface area contributed by atoms with Gasteiger partial charge >= 0.3 is 0 Å². The van der Waals surface area contributed by atoms with Crippen molar-refractivity contribution in [1.82, 2.24) is 14.9 Å². The second-order valence-electron chi connectivity index (χ2n) is 10.4. The lowest BCUT2D eigenvalue weighted by atomic mass is 9.95. The molecule has 37 heavy (non-hydrogen) atoms. The number of hydrogen-bond acceptors (Lipinski definition) is 6. The number of aliphatic hydroxyl groups excluding tert-OH is 1. The summed E-state index contributed by atoms with van der Waals surface area (Å²) in [6.45, 7) is 5.69. The van der Waals surface area contributed by atoms with Crippen LogP contribution in [0.25, 0.3) is 28.1 Å². The van der Waals surface area contributed by atoms with Crippen LogP contribution in [-0.2, 0) is 4.79 Å². The van der Waals surface area contributed by atoms with Gasteiger partial charge in [0.25, 0.3) is 0 Å². The van der Waals surface area contributed by atoms with Crippen molar-refractivity contribution in [2.45, 2.75) is 44.1 Å². The third-order valence-corrected chi connectivity index (χ3v) is 7.88. The summed E-state index contributed by atoms with van der Waals surface area (Å²) < 4.78 is 0.